The minimum absolute atomic E-state index is 0.00555. The van der Waals surface area contributed by atoms with Crippen LogP contribution >= 0.6 is 0 Å². The van der Waals surface area contributed by atoms with E-state index in [4.69, 9.17) is 0 Å². The molecular formula is C20H30O2. The summed E-state index contributed by atoms with van der Waals surface area (Å²) >= 11 is 0. The molecule has 0 aromatic rings. The van der Waals surface area contributed by atoms with Crippen LogP contribution in [0.5, 0.6) is 0 Å². The van der Waals surface area contributed by atoms with Crippen molar-refractivity contribution >= 4 is 5.78 Å². The zero-order chi connectivity index (χ0) is 16.2. The lowest BCUT2D eigenvalue weighted by atomic mass is 9.46. The first kappa shape index (κ1) is 16.0. The number of carbonyl (C=O) groups is 1. The molecule has 2 saturated carbocycles. The van der Waals surface area contributed by atoms with Crippen molar-refractivity contribution < 1.29 is 9.90 Å². The number of hydrogen-bond donors (Lipinski definition) is 1. The van der Waals surface area contributed by atoms with Gasteiger partial charge in [-0.1, -0.05) is 38.5 Å². The Kier molecular flexibility index (Phi) is 3.67. The summed E-state index contributed by atoms with van der Waals surface area (Å²) in [5.74, 6) is 1.19. The molecule has 0 spiro atoms. The van der Waals surface area contributed by atoms with Crippen LogP contribution in [-0.2, 0) is 4.79 Å². The van der Waals surface area contributed by atoms with Gasteiger partial charge in [0.2, 0.25) is 0 Å². The van der Waals surface area contributed by atoms with E-state index in [9.17, 15) is 9.90 Å². The topological polar surface area (TPSA) is 37.3 Å². The lowest BCUT2D eigenvalue weighted by molar-refractivity contribution is -0.146. The Morgan fingerprint density at radius 1 is 1.36 bits per heavy atom. The van der Waals surface area contributed by atoms with Gasteiger partial charge < -0.3 is 5.11 Å². The average Bonchev–Trinajstić information content (AvgIpc) is 2.51. The molecule has 0 heterocycles. The second-order valence-electron chi connectivity index (χ2n) is 8.67. The van der Waals surface area contributed by atoms with Gasteiger partial charge in [-0.2, -0.15) is 0 Å². The van der Waals surface area contributed by atoms with E-state index in [0.29, 0.717) is 18.3 Å². The van der Waals surface area contributed by atoms with Crippen LogP contribution in [0.2, 0.25) is 0 Å². The maximum Gasteiger partial charge on any atom is 0.141 e. The Hall–Kier alpha value is -0.890. The highest BCUT2D eigenvalue weighted by Crippen LogP contribution is 2.62. The first-order valence-electron chi connectivity index (χ1n) is 8.77. The lowest BCUT2D eigenvalue weighted by Gasteiger charge is -2.58. The summed E-state index contributed by atoms with van der Waals surface area (Å²) in [5, 5.41) is 9.94. The highest BCUT2D eigenvalue weighted by Gasteiger charge is 2.57. The molecule has 5 atom stereocenters. The van der Waals surface area contributed by atoms with E-state index >= 15 is 0 Å². The predicted molar refractivity (Wildman–Crippen MR) is 89.4 cm³/mol. The number of allylic oxidation sites excluding steroid dienone is 3. The summed E-state index contributed by atoms with van der Waals surface area (Å²) in [6, 6.07) is 0. The largest absolute Gasteiger partial charge is 0.395 e. The Morgan fingerprint density at radius 2 is 2.09 bits per heavy atom. The van der Waals surface area contributed by atoms with Crippen LogP contribution in [0.4, 0.5) is 0 Å². The van der Waals surface area contributed by atoms with Gasteiger partial charge in [0.25, 0.3) is 0 Å². The summed E-state index contributed by atoms with van der Waals surface area (Å²) in [6.45, 7) is 10.7. The van der Waals surface area contributed by atoms with Crippen molar-refractivity contribution in [2.45, 2.75) is 59.3 Å². The van der Waals surface area contributed by atoms with E-state index in [1.54, 1.807) is 5.57 Å². The minimum atomic E-state index is -0.544. The fourth-order valence-electron chi connectivity index (χ4n) is 5.67. The highest BCUT2D eigenvalue weighted by atomic mass is 16.3. The molecule has 0 bridgehead atoms. The van der Waals surface area contributed by atoms with Gasteiger partial charge >= 0.3 is 0 Å². The third-order valence-electron chi connectivity index (χ3n) is 7.27. The monoisotopic (exact) mass is 302 g/mol. The number of hydrogen-bond acceptors (Lipinski definition) is 2. The molecule has 0 unspecified atom stereocenters. The van der Waals surface area contributed by atoms with Crippen LogP contribution in [0.3, 0.4) is 0 Å². The number of aliphatic hydroxyl groups excluding tert-OH is 1. The Bertz CT molecular complexity index is 534. The van der Waals surface area contributed by atoms with E-state index < -0.39 is 5.41 Å². The summed E-state index contributed by atoms with van der Waals surface area (Å²) in [7, 11) is 0. The zero-order valence-corrected chi connectivity index (χ0v) is 14.3. The standard InChI is InChI=1S/C20H30O2/c1-5-18(2)10-8-15-14(12-18)6-7-16-19(15,3)11-9-17(22)20(16,4)13-21/h5,8,14,16,21H,1,6-7,9-13H2,2-4H3/t14-,16+,18+,19+,20+/m1/s1. The first-order chi connectivity index (χ1) is 10.3. The molecular weight excluding hydrogens is 272 g/mol. The van der Waals surface area contributed by atoms with Crippen LogP contribution < -0.4 is 0 Å². The maximum atomic E-state index is 12.5. The molecule has 0 amide bonds. The number of carbonyl (C=O) groups excluding carboxylic acids is 1. The molecule has 0 aromatic carbocycles. The molecule has 2 fully saturated rings. The van der Waals surface area contributed by atoms with E-state index in [1.807, 2.05) is 6.92 Å². The van der Waals surface area contributed by atoms with Crippen LogP contribution in [0.1, 0.15) is 59.3 Å². The SMILES string of the molecule is C=C[C@@]1(C)CC=C2[C@H](CC[C@H]3[C@@]2(C)CCC(=O)[C@@]3(C)CO)C1. The van der Waals surface area contributed by atoms with Crippen LogP contribution in [0.15, 0.2) is 24.3 Å². The zero-order valence-electron chi connectivity index (χ0n) is 14.3. The molecule has 122 valence electrons. The third-order valence-corrected chi connectivity index (χ3v) is 7.27. The number of rotatable bonds is 2. The molecule has 3 aliphatic carbocycles. The molecule has 3 aliphatic rings. The molecule has 1 N–H and O–H groups in total. The van der Waals surface area contributed by atoms with Crippen molar-refractivity contribution in [1.82, 2.24) is 0 Å². The van der Waals surface area contributed by atoms with Crippen LogP contribution in [-0.4, -0.2) is 17.5 Å². The van der Waals surface area contributed by atoms with Crippen molar-refractivity contribution in [3.63, 3.8) is 0 Å². The smallest absolute Gasteiger partial charge is 0.141 e. The van der Waals surface area contributed by atoms with Crippen molar-refractivity contribution in [3.8, 4) is 0 Å². The molecule has 2 heteroatoms. The summed E-state index contributed by atoms with van der Waals surface area (Å²) in [4.78, 5) is 12.5. The third kappa shape index (κ3) is 2.06. The number of aliphatic hydroxyl groups is 1. The van der Waals surface area contributed by atoms with Gasteiger partial charge in [0.15, 0.2) is 0 Å². The van der Waals surface area contributed by atoms with Crippen LogP contribution in [0.25, 0.3) is 0 Å². The summed E-state index contributed by atoms with van der Waals surface area (Å²) in [6.07, 6.45) is 10.6. The van der Waals surface area contributed by atoms with Crippen molar-refractivity contribution in [2.24, 2.45) is 28.1 Å². The summed E-state index contributed by atoms with van der Waals surface area (Å²) in [5.41, 5.74) is 1.35. The van der Waals surface area contributed by atoms with Gasteiger partial charge in [0.05, 0.1) is 12.0 Å². The molecule has 22 heavy (non-hydrogen) atoms. The number of ketones is 1. The van der Waals surface area contributed by atoms with E-state index in [2.05, 4.69) is 32.6 Å². The summed E-state index contributed by atoms with van der Waals surface area (Å²) < 4.78 is 0. The predicted octanol–water partition coefficient (Wildman–Crippen LogP) is 4.29. The van der Waals surface area contributed by atoms with Gasteiger partial charge in [0, 0.05) is 6.42 Å². The van der Waals surface area contributed by atoms with Crippen molar-refractivity contribution in [2.75, 3.05) is 6.61 Å². The van der Waals surface area contributed by atoms with Gasteiger partial charge in [-0.25, -0.2) is 0 Å². The molecule has 0 radical (unpaired) electrons. The van der Waals surface area contributed by atoms with Crippen LogP contribution in [0, 0.1) is 28.1 Å². The Labute approximate surface area is 134 Å². The second-order valence-corrected chi connectivity index (χ2v) is 8.67. The molecule has 3 rings (SSSR count). The van der Waals surface area contributed by atoms with E-state index in [0.717, 1.165) is 25.7 Å². The van der Waals surface area contributed by atoms with Crippen molar-refractivity contribution in [1.29, 1.82) is 0 Å². The number of Topliss-reactive ketones (excluding diaryl/α,β-unsaturated/α-hetero) is 1. The fraction of sp³-hybridized carbons (Fsp3) is 0.750. The van der Waals surface area contributed by atoms with Gasteiger partial charge in [-0.15, -0.1) is 6.58 Å². The fourth-order valence-corrected chi connectivity index (χ4v) is 5.67. The lowest BCUT2D eigenvalue weighted by Crippen LogP contribution is -2.55. The van der Waals surface area contributed by atoms with E-state index in [1.165, 1.54) is 6.42 Å². The minimum Gasteiger partial charge on any atom is -0.395 e. The van der Waals surface area contributed by atoms with E-state index in [-0.39, 0.29) is 23.2 Å². The molecule has 2 nitrogen and oxygen atoms in total. The van der Waals surface area contributed by atoms with Gasteiger partial charge in [0.1, 0.15) is 5.78 Å². The Morgan fingerprint density at radius 3 is 2.73 bits per heavy atom. The van der Waals surface area contributed by atoms with Crippen molar-refractivity contribution in [3.05, 3.63) is 24.3 Å². The number of fused-ring (bicyclic) bond motifs is 3. The van der Waals surface area contributed by atoms with Gasteiger partial charge in [-0.05, 0) is 54.8 Å². The molecule has 0 aliphatic heterocycles. The van der Waals surface area contributed by atoms with Gasteiger partial charge in [-0.3, -0.25) is 4.79 Å². The first-order valence-corrected chi connectivity index (χ1v) is 8.77. The molecule has 0 saturated heterocycles. The molecule has 0 aromatic heterocycles. The second kappa shape index (κ2) is 5.06. The highest BCUT2D eigenvalue weighted by molar-refractivity contribution is 5.86. The Balaban J connectivity index is 2.00. The quantitative estimate of drug-likeness (QED) is 0.772. The average molecular weight is 302 g/mol. The maximum absolute atomic E-state index is 12.5. The normalized spacial score (nSPS) is 48.2.